The molecule has 0 aliphatic heterocycles. The molecule has 2 amide bonds. The van der Waals surface area contributed by atoms with Crippen LogP contribution in [0.2, 0.25) is 5.02 Å². The van der Waals surface area contributed by atoms with Crippen LogP contribution in [0.3, 0.4) is 0 Å². The van der Waals surface area contributed by atoms with Crippen molar-refractivity contribution in [3.63, 3.8) is 0 Å². The molecule has 0 heterocycles. The van der Waals surface area contributed by atoms with Crippen molar-refractivity contribution < 1.29 is 9.59 Å². The molecule has 0 saturated carbocycles. The van der Waals surface area contributed by atoms with Crippen molar-refractivity contribution in [3.05, 3.63) is 64.7 Å². The van der Waals surface area contributed by atoms with E-state index >= 15 is 0 Å². The number of carbonyl (C=O) groups excluding carboxylic acids is 2. The number of hydrogen-bond donors (Lipinski definition) is 1. The van der Waals surface area contributed by atoms with Crippen LogP contribution in [0.25, 0.3) is 0 Å². The SMILES string of the molecule is CC[C@@H](C)NC(=O)[C@@H](C)N(Cc1cccc(Cl)c1)C(=O)CSc1ccc(C)cc1. The largest absolute Gasteiger partial charge is 0.352 e. The van der Waals surface area contributed by atoms with Crippen LogP contribution in [-0.4, -0.2) is 34.6 Å². The van der Waals surface area contributed by atoms with E-state index in [0.717, 1.165) is 16.9 Å². The van der Waals surface area contributed by atoms with Crippen molar-refractivity contribution >= 4 is 35.2 Å². The van der Waals surface area contributed by atoms with E-state index < -0.39 is 6.04 Å². The zero-order chi connectivity index (χ0) is 21.4. The maximum atomic E-state index is 13.1. The summed E-state index contributed by atoms with van der Waals surface area (Å²) >= 11 is 7.58. The van der Waals surface area contributed by atoms with Crippen LogP contribution in [-0.2, 0) is 16.1 Å². The summed E-state index contributed by atoms with van der Waals surface area (Å²) in [7, 11) is 0. The molecule has 1 N–H and O–H groups in total. The molecule has 29 heavy (non-hydrogen) atoms. The highest BCUT2D eigenvalue weighted by molar-refractivity contribution is 8.00. The number of nitrogens with zero attached hydrogens (tertiary/aromatic N) is 1. The van der Waals surface area contributed by atoms with Crippen LogP contribution >= 0.6 is 23.4 Å². The van der Waals surface area contributed by atoms with Crippen LogP contribution in [0.15, 0.2) is 53.4 Å². The molecule has 0 aromatic heterocycles. The van der Waals surface area contributed by atoms with Gasteiger partial charge in [-0.2, -0.15) is 0 Å². The van der Waals surface area contributed by atoms with Gasteiger partial charge in [0.25, 0.3) is 0 Å². The van der Waals surface area contributed by atoms with Crippen molar-refractivity contribution in [1.29, 1.82) is 0 Å². The highest BCUT2D eigenvalue weighted by Crippen LogP contribution is 2.21. The predicted molar refractivity (Wildman–Crippen MR) is 121 cm³/mol. The number of aryl methyl sites for hydroxylation is 1. The van der Waals surface area contributed by atoms with Crippen molar-refractivity contribution in [2.75, 3.05) is 5.75 Å². The lowest BCUT2D eigenvalue weighted by Gasteiger charge is -2.29. The van der Waals surface area contributed by atoms with Gasteiger partial charge in [0.15, 0.2) is 0 Å². The van der Waals surface area contributed by atoms with Crippen LogP contribution < -0.4 is 5.32 Å². The first-order chi connectivity index (χ1) is 13.8. The third kappa shape index (κ3) is 7.41. The smallest absolute Gasteiger partial charge is 0.242 e. The van der Waals surface area contributed by atoms with Gasteiger partial charge in [-0.25, -0.2) is 0 Å². The van der Waals surface area contributed by atoms with E-state index in [2.05, 4.69) is 5.32 Å². The molecule has 0 saturated heterocycles. The van der Waals surface area contributed by atoms with Crippen LogP contribution in [0.5, 0.6) is 0 Å². The molecule has 2 rings (SSSR count). The quantitative estimate of drug-likeness (QED) is 0.562. The van der Waals surface area contributed by atoms with Gasteiger partial charge >= 0.3 is 0 Å². The molecule has 2 atom stereocenters. The minimum Gasteiger partial charge on any atom is -0.352 e. The highest BCUT2D eigenvalue weighted by Gasteiger charge is 2.26. The van der Waals surface area contributed by atoms with Gasteiger partial charge in [0.2, 0.25) is 11.8 Å². The molecule has 0 bridgehead atoms. The number of amides is 2. The first-order valence-electron chi connectivity index (χ1n) is 9.84. The molecule has 6 heteroatoms. The molecule has 0 unspecified atom stereocenters. The third-order valence-electron chi connectivity index (χ3n) is 4.79. The fraction of sp³-hybridized carbons (Fsp3) is 0.391. The molecule has 156 valence electrons. The average molecular weight is 433 g/mol. The number of hydrogen-bond acceptors (Lipinski definition) is 3. The summed E-state index contributed by atoms with van der Waals surface area (Å²) in [6.45, 7) is 8.12. The molecule has 0 aliphatic rings. The summed E-state index contributed by atoms with van der Waals surface area (Å²) in [6, 6.07) is 14.9. The van der Waals surface area contributed by atoms with Crippen LogP contribution in [0.1, 0.15) is 38.3 Å². The van der Waals surface area contributed by atoms with Gasteiger partial charge in [-0.1, -0.05) is 48.4 Å². The summed E-state index contributed by atoms with van der Waals surface area (Å²) in [6.07, 6.45) is 0.837. The first kappa shape index (κ1) is 23.3. The van der Waals surface area contributed by atoms with E-state index in [0.29, 0.717) is 11.6 Å². The second-order valence-corrected chi connectivity index (χ2v) is 8.73. The Morgan fingerprint density at radius 1 is 1.14 bits per heavy atom. The van der Waals surface area contributed by atoms with Gasteiger partial charge in [-0.15, -0.1) is 11.8 Å². The minimum atomic E-state index is -0.575. The fourth-order valence-corrected chi connectivity index (χ4v) is 3.74. The molecule has 0 fully saturated rings. The number of halogens is 1. The lowest BCUT2D eigenvalue weighted by molar-refractivity contribution is -0.138. The molecule has 4 nitrogen and oxygen atoms in total. The monoisotopic (exact) mass is 432 g/mol. The zero-order valence-electron chi connectivity index (χ0n) is 17.4. The summed E-state index contributed by atoms with van der Waals surface area (Å²) in [4.78, 5) is 28.4. The standard InChI is InChI=1S/C23H29ClN2O2S/c1-5-17(3)25-23(28)18(4)26(14-19-7-6-8-20(24)13-19)22(27)15-29-21-11-9-16(2)10-12-21/h6-13,17-18H,5,14-15H2,1-4H3,(H,25,28)/t17-,18-/m1/s1. The average Bonchev–Trinajstić information content (AvgIpc) is 2.70. The normalized spacial score (nSPS) is 12.9. The minimum absolute atomic E-state index is 0.0648. The highest BCUT2D eigenvalue weighted by atomic mass is 35.5. The second kappa shape index (κ2) is 11.3. The lowest BCUT2D eigenvalue weighted by Crippen LogP contribution is -2.50. The predicted octanol–water partition coefficient (Wildman–Crippen LogP) is 5.07. The molecule has 0 radical (unpaired) electrons. The Bertz CT molecular complexity index is 826. The molecule has 2 aromatic carbocycles. The first-order valence-corrected chi connectivity index (χ1v) is 11.2. The molecule has 2 aromatic rings. The van der Waals surface area contributed by atoms with Gasteiger partial charge in [-0.05, 0) is 57.0 Å². The van der Waals surface area contributed by atoms with Crippen molar-refractivity contribution in [1.82, 2.24) is 10.2 Å². The molecular weight excluding hydrogens is 404 g/mol. The third-order valence-corrected chi connectivity index (χ3v) is 6.03. The van der Waals surface area contributed by atoms with Gasteiger partial charge < -0.3 is 10.2 Å². The Balaban J connectivity index is 2.14. The number of thioether (sulfide) groups is 1. The van der Waals surface area contributed by atoms with Gasteiger partial charge in [-0.3, -0.25) is 9.59 Å². The van der Waals surface area contributed by atoms with E-state index in [4.69, 9.17) is 11.6 Å². The van der Waals surface area contributed by atoms with Crippen molar-refractivity contribution in [2.24, 2.45) is 0 Å². The van der Waals surface area contributed by atoms with E-state index in [9.17, 15) is 9.59 Å². The zero-order valence-corrected chi connectivity index (χ0v) is 19.0. The van der Waals surface area contributed by atoms with Crippen molar-refractivity contribution in [2.45, 2.75) is 57.6 Å². The second-order valence-electron chi connectivity index (χ2n) is 7.25. The molecular formula is C23H29ClN2O2S. The Kier molecular flexibility index (Phi) is 9.05. The lowest BCUT2D eigenvalue weighted by atomic mass is 10.1. The number of nitrogens with one attached hydrogen (secondary N) is 1. The summed E-state index contributed by atoms with van der Waals surface area (Å²) in [5, 5.41) is 3.59. The van der Waals surface area contributed by atoms with Crippen molar-refractivity contribution in [3.8, 4) is 0 Å². The van der Waals surface area contributed by atoms with Gasteiger partial charge in [0.1, 0.15) is 6.04 Å². The van der Waals surface area contributed by atoms with Crippen LogP contribution in [0.4, 0.5) is 0 Å². The Morgan fingerprint density at radius 2 is 1.83 bits per heavy atom. The summed E-state index contributed by atoms with van der Waals surface area (Å²) < 4.78 is 0. The maximum absolute atomic E-state index is 13.1. The van der Waals surface area contributed by atoms with Gasteiger partial charge in [0.05, 0.1) is 5.75 Å². The number of carbonyl (C=O) groups is 2. The maximum Gasteiger partial charge on any atom is 0.242 e. The molecule has 0 aliphatic carbocycles. The number of benzene rings is 2. The Morgan fingerprint density at radius 3 is 2.45 bits per heavy atom. The molecule has 0 spiro atoms. The van der Waals surface area contributed by atoms with E-state index in [1.807, 2.05) is 63.2 Å². The topological polar surface area (TPSA) is 49.4 Å². The fourth-order valence-electron chi connectivity index (χ4n) is 2.74. The van der Waals surface area contributed by atoms with E-state index in [-0.39, 0.29) is 23.6 Å². The number of rotatable bonds is 9. The Labute approximate surface area is 183 Å². The van der Waals surface area contributed by atoms with Crippen LogP contribution in [0, 0.1) is 6.92 Å². The summed E-state index contributed by atoms with van der Waals surface area (Å²) in [5.74, 6) is 0.0438. The Hall–Kier alpha value is -1.98. The van der Waals surface area contributed by atoms with E-state index in [1.165, 1.54) is 17.3 Å². The van der Waals surface area contributed by atoms with E-state index in [1.54, 1.807) is 17.9 Å². The van der Waals surface area contributed by atoms with Gasteiger partial charge in [0, 0.05) is 22.5 Å². The summed E-state index contributed by atoms with van der Waals surface area (Å²) in [5.41, 5.74) is 2.08.